The first-order chi connectivity index (χ1) is 14.5. The van der Waals surface area contributed by atoms with Gasteiger partial charge in [0.15, 0.2) is 0 Å². The molecule has 8 heteroatoms. The molecule has 4 rings (SSSR count). The summed E-state index contributed by atoms with van der Waals surface area (Å²) in [6, 6.07) is 0.139. The number of hydrogen-bond donors (Lipinski definition) is 1. The van der Waals surface area contributed by atoms with Crippen LogP contribution < -0.4 is 10.9 Å². The molecule has 1 saturated carbocycles. The van der Waals surface area contributed by atoms with Gasteiger partial charge in [-0.1, -0.05) is 26.2 Å². The molecule has 1 N–H and O–H groups in total. The molecule has 2 aliphatic rings. The fraction of sp³-hybridized carbons (Fsp3) is 0.636. The summed E-state index contributed by atoms with van der Waals surface area (Å²) in [5.74, 6) is -0.437. The Bertz CT molecular complexity index is 1020. The van der Waals surface area contributed by atoms with E-state index in [2.05, 4.69) is 17.2 Å². The second-order valence-electron chi connectivity index (χ2n) is 8.48. The summed E-state index contributed by atoms with van der Waals surface area (Å²) in [7, 11) is 0. The molecule has 0 aromatic carbocycles. The van der Waals surface area contributed by atoms with Gasteiger partial charge in [-0.15, -0.1) is 11.3 Å². The highest BCUT2D eigenvalue weighted by molar-refractivity contribution is 7.18. The van der Waals surface area contributed by atoms with Crippen LogP contribution in [-0.2, 0) is 28.9 Å². The molecule has 0 aliphatic heterocycles. The van der Waals surface area contributed by atoms with Gasteiger partial charge in [-0.25, -0.2) is 9.78 Å². The molecular formula is C22H29N3O4S. The molecule has 2 aromatic heterocycles. The number of carbonyl (C=O) groups excluding carboxylic acids is 2. The highest BCUT2D eigenvalue weighted by Gasteiger charge is 2.27. The van der Waals surface area contributed by atoms with Crippen LogP contribution in [0.3, 0.4) is 0 Å². The van der Waals surface area contributed by atoms with Gasteiger partial charge in [-0.05, 0) is 50.5 Å². The Morgan fingerprint density at radius 2 is 2.00 bits per heavy atom. The molecular weight excluding hydrogens is 402 g/mol. The van der Waals surface area contributed by atoms with E-state index in [-0.39, 0.29) is 36.5 Å². The van der Waals surface area contributed by atoms with Gasteiger partial charge in [0.2, 0.25) is 11.7 Å². The predicted molar refractivity (Wildman–Crippen MR) is 116 cm³/mol. The minimum atomic E-state index is -0.665. The molecule has 2 aromatic rings. The number of nitrogens with zero attached hydrogens (tertiary/aromatic N) is 2. The van der Waals surface area contributed by atoms with Crippen molar-refractivity contribution in [3.63, 3.8) is 0 Å². The summed E-state index contributed by atoms with van der Waals surface area (Å²) in [6.07, 6.45) is 8.10. The number of ether oxygens (including phenoxy) is 1. The Hall–Kier alpha value is -2.22. The zero-order valence-electron chi connectivity index (χ0n) is 17.7. The van der Waals surface area contributed by atoms with Crippen molar-refractivity contribution in [1.29, 1.82) is 0 Å². The van der Waals surface area contributed by atoms with E-state index in [1.807, 2.05) is 0 Å². The molecule has 1 amide bonds. The molecule has 2 heterocycles. The van der Waals surface area contributed by atoms with Crippen LogP contribution in [0.2, 0.25) is 0 Å². The van der Waals surface area contributed by atoms with Crippen molar-refractivity contribution in [2.24, 2.45) is 5.92 Å². The Labute approximate surface area is 179 Å². The van der Waals surface area contributed by atoms with Crippen LogP contribution in [-0.4, -0.2) is 34.1 Å². The van der Waals surface area contributed by atoms with E-state index in [0.29, 0.717) is 16.1 Å². The first-order valence-corrected chi connectivity index (χ1v) is 11.8. The van der Waals surface area contributed by atoms with Crippen LogP contribution in [0.1, 0.15) is 73.4 Å². The summed E-state index contributed by atoms with van der Waals surface area (Å²) in [6.45, 7) is 3.88. The van der Waals surface area contributed by atoms with Crippen LogP contribution >= 0.6 is 11.3 Å². The quantitative estimate of drug-likeness (QED) is 0.734. The molecule has 1 fully saturated rings. The van der Waals surface area contributed by atoms with Gasteiger partial charge in [0.05, 0.1) is 12.0 Å². The van der Waals surface area contributed by atoms with Crippen molar-refractivity contribution in [2.75, 3.05) is 6.61 Å². The standard InChI is InChI=1S/C22H29N3O4S/c1-3-29-22(28)19-24-20-18(15-10-9-13(2)11-16(15)30-20)21(27)25(19)12-17(26)23-14-7-5-4-6-8-14/h13-14H,3-12H2,1-2H3,(H,23,26). The molecule has 0 bridgehead atoms. The van der Waals surface area contributed by atoms with Crippen molar-refractivity contribution >= 4 is 33.4 Å². The van der Waals surface area contributed by atoms with Crippen LogP contribution in [0.15, 0.2) is 4.79 Å². The van der Waals surface area contributed by atoms with E-state index >= 15 is 0 Å². The number of esters is 1. The van der Waals surface area contributed by atoms with Crippen LogP contribution in [0.5, 0.6) is 0 Å². The number of amides is 1. The number of rotatable bonds is 5. The van der Waals surface area contributed by atoms with Crippen molar-refractivity contribution < 1.29 is 14.3 Å². The summed E-state index contributed by atoms with van der Waals surface area (Å²) < 4.78 is 6.35. The lowest BCUT2D eigenvalue weighted by atomic mass is 9.89. The van der Waals surface area contributed by atoms with Crippen molar-refractivity contribution in [3.05, 3.63) is 26.6 Å². The zero-order valence-corrected chi connectivity index (χ0v) is 18.5. The molecule has 162 valence electrons. The molecule has 0 spiro atoms. The minimum absolute atomic E-state index is 0.0835. The lowest BCUT2D eigenvalue weighted by Gasteiger charge is -2.23. The molecule has 0 radical (unpaired) electrons. The Morgan fingerprint density at radius 1 is 1.23 bits per heavy atom. The molecule has 1 atom stereocenters. The van der Waals surface area contributed by atoms with E-state index < -0.39 is 5.97 Å². The topological polar surface area (TPSA) is 90.3 Å². The van der Waals surface area contributed by atoms with E-state index in [9.17, 15) is 14.4 Å². The minimum Gasteiger partial charge on any atom is -0.460 e. The average molecular weight is 432 g/mol. The summed E-state index contributed by atoms with van der Waals surface area (Å²) in [4.78, 5) is 45.0. The Balaban J connectivity index is 1.72. The average Bonchev–Trinajstić information content (AvgIpc) is 3.08. The number of hydrogen-bond acceptors (Lipinski definition) is 6. The van der Waals surface area contributed by atoms with Crippen molar-refractivity contribution in [3.8, 4) is 0 Å². The van der Waals surface area contributed by atoms with Crippen LogP contribution in [0, 0.1) is 5.92 Å². The molecule has 30 heavy (non-hydrogen) atoms. The maximum absolute atomic E-state index is 13.4. The third-order valence-electron chi connectivity index (χ3n) is 6.15. The lowest BCUT2D eigenvalue weighted by Crippen LogP contribution is -2.41. The number of aryl methyl sites for hydroxylation is 1. The second kappa shape index (κ2) is 8.88. The number of fused-ring (bicyclic) bond motifs is 3. The third-order valence-corrected chi connectivity index (χ3v) is 7.29. The van der Waals surface area contributed by atoms with E-state index in [1.54, 1.807) is 6.92 Å². The van der Waals surface area contributed by atoms with Gasteiger partial charge in [0.1, 0.15) is 11.4 Å². The van der Waals surface area contributed by atoms with Gasteiger partial charge in [-0.3, -0.25) is 14.2 Å². The summed E-state index contributed by atoms with van der Waals surface area (Å²) in [5, 5.41) is 3.60. The van der Waals surface area contributed by atoms with E-state index in [0.717, 1.165) is 50.5 Å². The highest BCUT2D eigenvalue weighted by atomic mass is 32.1. The van der Waals surface area contributed by atoms with Gasteiger partial charge >= 0.3 is 5.97 Å². The van der Waals surface area contributed by atoms with Gasteiger partial charge in [-0.2, -0.15) is 0 Å². The largest absolute Gasteiger partial charge is 0.460 e. The highest BCUT2D eigenvalue weighted by Crippen LogP contribution is 2.35. The van der Waals surface area contributed by atoms with Crippen LogP contribution in [0.4, 0.5) is 0 Å². The number of carbonyl (C=O) groups is 2. The molecule has 0 saturated heterocycles. The van der Waals surface area contributed by atoms with Crippen molar-refractivity contribution in [1.82, 2.24) is 14.9 Å². The first kappa shape index (κ1) is 21.0. The predicted octanol–water partition coefficient (Wildman–Crippen LogP) is 3.21. The monoisotopic (exact) mass is 431 g/mol. The second-order valence-corrected chi connectivity index (χ2v) is 9.57. The van der Waals surface area contributed by atoms with Gasteiger partial charge in [0, 0.05) is 10.9 Å². The van der Waals surface area contributed by atoms with E-state index in [1.165, 1.54) is 27.2 Å². The lowest BCUT2D eigenvalue weighted by molar-refractivity contribution is -0.122. The fourth-order valence-corrected chi connectivity index (χ4v) is 5.96. The number of aromatic nitrogens is 2. The molecule has 2 aliphatic carbocycles. The molecule has 1 unspecified atom stereocenters. The maximum atomic E-state index is 13.4. The number of thiophene rings is 1. The summed E-state index contributed by atoms with van der Waals surface area (Å²) >= 11 is 1.49. The fourth-order valence-electron chi connectivity index (χ4n) is 4.59. The normalized spacial score (nSPS) is 19.5. The maximum Gasteiger partial charge on any atom is 0.374 e. The number of nitrogens with one attached hydrogen (secondary N) is 1. The SMILES string of the molecule is CCOC(=O)c1nc2sc3c(c2c(=O)n1CC(=O)NC1CCCCC1)CCC(C)C3. The summed E-state index contributed by atoms with van der Waals surface area (Å²) in [5.41, 5.74) is 0.733. The third kappa shape index (κ3) is 4.15. The van der Waals surface area contributed by atoms with Gasteiger partial charge in [0.25, 0.3) is 5.56 Å². The van der Waals surface area contributed by atoms with E-state index in [4.69, 9.17) is 4.74 Å². The molecule has 7 nitrogen and oxygen atoms in total. The Morgan fingerprint density at radius 3 is 2.73 bits per heavy atom. The van der Waals surface area contributed by atoms with Gasteiger partial charge < -0.3 is 10.1 Å². The zero-order chi connectivity index (χ0) is 21.3. The smallest absolute Gasteiger partial charge is 0.374 e. The first-order valence-electron chi connectivity index (χ1n) is 11.0. The Kier molecular flexibility index (Phi) is 6.22. The van der Waals surface area contributed by atoms with Crippen LogP contribution in [0.25, 0.3) is 10.2 Å². The van der Waals surface area contributed by atoms with Crippen molar-refractivity contribution in [2.45, 2.75) is 77.8 Å².